The zero-order chi connectivity index (χ0) is 14.4. The summed E-state index contributed by atoms with van der Waals surface area (Å²) in [5.41, 5.74) is 2.67. The summed E-state index contributed by atoms with van der Waals surface area (Å²) in [4.78, 5) is 2.15. The lowest BCUT2D eigenvalue weighted by Gasteiger charge is -2.25. The molecular formula is C18H30N2. The van der Waals surface area contributed by atoms with E-state index in [1.54, 1.807) is 0 Å². The minimum Gasteiger partial charge on any atom is -0.378 e. The highest BCUT2D eigenvalue weighted by molar-refractivity contribution is 5.46. The number of hydrogen-bond donors (Lipinski definition) is 1. The van der Waals surface area contributed by atoms with Gasteiger partial charge in [-0.05, 0) is 37.5 Å². The first-order valence-electron chi connectivity index (χ1n) is 8.20. The highest BCUT2D eigenvalue weighted by atomic mass is 15.1. The van der Waals surface area contributed by atoms with E-state index in [0.717, 1.165) is 0 Å². The van der Waals surface area contributed by atoms with Crippen LogP contribution in [0.5, 0.6) is 0 Å². The van der Waals surface area contributed by atoms with Crippen molar-refractivity contribution < 1.29 is 0 Å². The molecule has 112 valence electrons. The van der Waals surface area contributed by atoms with Gasteiger partial charge < -0.3 is 10.2 Å². The van der Waals surface area contributed by atoms with Crippen molar-refractivity contribution in [2.45, 2.75) is 64.0 Å². The molecule has 2 rings (SSSR count). The average Bonchev–Trinajstić information content (AvgIpc) is 2.41. The fraction of sp³-hybridized carbons (Fsp3) is 0.667. The number of hydrogen-bond acceptors (Lipinski definition) is 2. The van der Waals surface area contributed by atoms with E-state index < -0.39 is 0 Å². The Morgan fingerprint density at radius 1 is 0.950 bits per heavy atom. The molecule has 0 heterocycles. The van der Waals surface area contributed by atoms with Crippen molar-refractivity contribution in [1.82, 2.24) is 5.32 Å². The lowest BCUT2D eigenvalue weighted by molar-refractivity contribution is 0.363. The summed E-state index contributed by atoms with van der Waals surface area (Å²) in [6.45, 7) is 2.30. The molecular weight excluding hydrogens is 244 g/mol. The van der Waals surface area contributed by atoms with E-state index in [4.69, 9.17) is 0 Å². The van der Waals surface area contributed by atoms with E-state index in [9.17, 15) is 0 Å². The van der Waals surface area contributed by atoms with Crippen molar-refractivity contribution in [1.29, 1.82) is 0 Å². The van der Waals surface area contributed by atoms with Crippen LogP contribution in [0.1, 0.15) is 63.5 Å². The first kappa shape index (κ1) is 15.4. The molecule has 2 nitrogen and oxygen atoms in total. The van der Waals surface area contributed by atoms with Crippen LogP contribution in [-0.4, -0.2) is 20.1 Å². The van der Waals surface area contributed by atoms with Gasteiger partial charge in [-0.25, -0.2) is 0 Å². The largest absolute Gasteiger partial charge is 0.378 e. The smallest absolute Gasteiger partial charge is 0.0361 e. The van der Waals surface area contributed by atoms with Crippen molar-refractivity contribution in [3.63, 3.8) is 0 Å². The number of nitrogens with one attached hydrogen (secondary N) is 1. The summed E-state index contributed by atoms with van der Waals surface area (Å²) in [7, 11) is 4.18. The molecule has 1 aromatic carbocycles. The third kappa shape index (κ3) is 4.52. The van der Waals surface area contributed by atoms with E-state index >= 15 is 0 Å². The lowest BCUT2D eigenvalue weighted by atomic mass is 9.95. The quantitative estimate of drug-likeness (QED) is 0.868. The van der Waals surface area contributed by atoms with Gasteiger partial charge in [0.2, 0.25) is 0 Å². The third-order valence-electron chi connectivity index (χ3n) is 4.50. The minimum absolute atomic E-state index is 0.454. The second-order valence-corrected chi connectivity index (χ2v) is 6.42. The topological polar surface area (TPSA) is 15.3 Å². The maximum atomic E-state index is 3.84. The highest BCUT2D eigenvalue weighted by Crippen LogP contribution is 2.22. The van der Waals surface area contributed by atoms with Gasteiger partial charge in [-0.2, -0.15) is 0 Å². The van der Waals surface area contributed by atoms with Crippen molar-refractivity contribution in [3.8, 4) is 0 Å². The Kier molecular flexibility index (Phi) is 5.90. The van der Waals surface area contributed by atoms with Crippen molar-refractivity contribution in [2.75, 3.05) is 19.0 Å². The maximum Gasteiger partial charge on any atom is 0.0361 e. The predicted octanol–water partition coefficient (Wildman–Crippen LogP) is 4.52. The fourth-order valence-corrected chi connectivity index (χ4v) is 3.13. The van der Waals surface area contributed by atoms with Crippen LogP contribution in [0.25, 0.3) is 0 Å². The first-order valence-corrected chi connectivity index (χ1v) is 8.20. The van der Waals surface area contributed by atoms with Crippen LogP contribution in [-0.2, 0) is 0 Å². The molecule has 20 heavy (non-hydrogen) atoms. The second kappa shape index (κ2) is 7.68. The summed E-state index contributed by atoms with van der Waals surface area (Å²) >= 11 is 0. The monoisotopic (exact) mass is 274 g/mol. The molecule has 1 aromatic rings. The molecule has 0 radical (unpaired) electrons. The van der Waals surface area contributed by atoms with Crippen LogP contribution in [0.4, 0.5) is 5.69 Å². The van der Waals surface area contributed by atoms with Crippen molar-refractivity contribution >= 4 is 5.69 Å². The van der Waals surface area contributed by atoms with Gasteiger partial charge in [0.1, 0.15) is 0 Å². The number of nitrogens with zero attached hydrogens (tertiary/aromatic N) is 1. The van der Waals surface area contributed by atoms with Gasteiger partial charge in [0.05, 0.1) is 0 Å². The van der Waals surface area contributed by atoms with Gasteiger partial charge >= 0.3 is 0 Å². The predicted molar refractivity (Wildman–Crippen MR) is 88.4 cm³/mol. The molecule has 1 fully saturated rings. The van der Waals surface area contributed by atoms with Gasteiger partial charge in [-0.1, -0.05) is 44.2 Å². The molecule has 0 bridgehead atoms. The molecule has 0 amide bonds. The minimum atomic E-state index is 0.454. The van der Waals surface area contributed by atoms with E-state index in [-0.39, 0.29) is 0 Å². The van der Waals surface area contributed by atoms with E-state index in [0.29, 0.717) is 12.1 Å². The molecule has 1 saturated carbocycles. The Balaban J connectivity index is 1.90. The summed E-state index contributed by atoms with van der Waals surface area (Å²) in [5.74, 6) is 0. The molecule has 0 aromatic heterocycles. The molecule has 2 heteroatoms. The number of anilines is 1. The van der Waals surface area contributed by atoms with Gasteiger partial charge in [0.15, 0.2) is 0 Å². The highest BCUT2D eigenvalue weighted by Gasteiger charge is 2.14. The molecule has 1 N–H and O–H groups in total. The van der Waals surface area contributed by atoms with Crippen LogP contribution in [0, 0.1) is 0 Å². The number of rotatable bonds is 4. The number of benzene rings is 1. The summed E-state index contributed by atoms with van der Waals surface area (Å²) in [6.07, 6.45) is 9.76. The maximum absolute atomic E-state index is 3.84. The standard InChI is InChI=1S/C18H30N2/c1-15(16-11-13-18(14-12-16)20(2)3)19-17-9-7-5-4-6-8-10-17/h11-15,17,19H,4-10H2,1-3H3. The van der Waals surface area contributed by atoms with Crippen LogP contribution < -0.4 is 10.2 Å². The van der Waals surface area contributed by atoms with Gasteiger partial charge in [0.25, 0.3) is 0 Å². The summed E-state index contributed by atoms with van der Waals surface area (Å²) < 4.78 is 0. The average molecular weight is 274 g/mol. The van der Waals surface area contributed by atoms with E-state index in [1.165, 1.54) is 56.2 Å². The summed E-state index contributed by atoms with van der Waals surface area (Å²) in [5, 5.41) is 3.84. The van der Waals surface area contributed by atoms with E-state index in [2.05, 4.69) is 55.5 Å². The summed E-state index contributed by atoms with van der Waals surface area (Å²) in [6, 6.07) is 10.1. The molecule has 1 unspecified atom stereocenters. The van der Waals surface area contributed by atoms with Crippen LogP contribution >= 0.6 is 0 Å². The van der Waals surface area contributed by atoms with Crippen LogP contribution in [0.2, 0.25) is 0 Å². The zero-order valence-corrected chi connectivity index (χ0v) is 13.4. The SMILES string of the molecule is CC(NC1CCCCCCC1)c1ccc(N(C)C)cc1. The Hall–Kier alpha value is -1.02. The first-order chi connectivity index (χ1) is 9.66. The molecule has 0 saturated heterocycles. The second-order valence-electron chi connectivity index (χ2n) is 6.42. The zero-order valence-electron chi connectivity index (χ0n) is 13.4. The fourth-order valence-electron chi connectivity index (χ4n) is 3.13. The van der Waals surface area contributed by atoms with Gasteiger partial charge in [0, 0.05) is 31.9 Å². The Morgan fingerprint density at radius 3 is 2.05 bits per heavy atom. The molecule has 1 atom stereocenters. The van der Waals surface area contributed by atoms with Crippen LogP contribution in [0.15, 0.2) is 24.3 Å². The van der Waals surface area contributed by atoms with Gasteiger partial charge in [-0.3, -0.25) is 0 Å². The van der Waals surface area contributed by atoms with Crippen molar-refractivity contribution in [2.24, 2.45) is 0 Å². The Labute approximate surface area is 124 Å². The third-order valence-corrected chi connectivity index (χ3v) is 4.50. The molecule has 1 aliphatic carbocycles. The van der Waals surface area contributed by atoms with Crippen molar-refractivity contribution in [3.05, 3.63) is 29.8 Å². The Morgan fingerprint density at radius 2 is 1.50 bits per heavy atom. The lowest BCUT2D eigenvalue weighted by Crippen LogP contribution is -2.32. The molecule has 0 aliphatic heterocycles. The van der Waals surface area contributed by atoms with E-state index in [1.807, 2.05) is 0 Å². The normalized spacial score (nSPS) is 19.1. The Bertz CT molecular complexity index is 375. The van der Waals surface area contributed by atoms with Crippen LogP contribution in [0.3, 0.4) is 0 Å². The molecule has 1 aliphatic rings. The van der Waals surface area contributed by atoms with Gasteiger partial charge in [-0.15, -0.1) is 0 Å². The molecule has 0 spiro atoms.